The van der Waals surface area contributed by atoms with Crippen molar-refractivity contribution < 1.29 is 30.9 Å². The summed E-state index contributed by atoms with van der Waals surface area (Å²) in [6, 6.07) is 0. The number of carbonyl (C=O) groups is 1. The molecule has 0 rings (SSSR count). The quantitative estimate of drug-likeness (QED) is 0.556. The molecule has 1 unspecified atom stereocenters. The van der Waals surface area contributed by atoms with Gasteiger partial charge in [-0.25, -0.2) is 4.39 Å². The van der Waals surface area contributed by atoms with E-state index in [0.29, 0.717) is 6.92 Å². The number of carbonyl (C=O) groups excluding carboxylic acids is 1. The maximum absolute atomic E-state index is 12.5. The van der Waals surface area contributed by atoms with Crippen molar-refractivity contribution in [3.8, 4) is 0 Å². The van der Waals surface area contributed by atoms with E-state index < -0.39 is 35.4 Å². The van der Waals surface area contributed by atoms with Gasteiger partial charge in [0, 0.05) is 6.92 Å². The predicted molar refractivity (Wildman–Crippen MR) is 39.8 cm³/mol. The van der Waals surface area contributed by atoms with Crippen LogP contribution in [0, 0.1) is 0 Å². The molecule has 2 nitrogen and oxygen atoms in total. The molecule has 0 saturated heterocycles. The largest absolute Gasteiger partial charge is 0.393 e. The van der Waals surface area contributed by atoms with Gasteiger partial charge in [0.1, 0.15) is 12.0 Å². The standard InChI is InChI=1S/C6H7F5O2S/c1-3(7)5(8,9)6(10,11)14-13-4(2)12/h3H,1-2H3. The number of hydrogen-bond acceptors (Lipinski definition) is 3. The molecule has 8 heteroatoms. The summed E-state index contributed by atoms with van der Waals surface area (Å²) in [6.07, 6.45) is -3.04. The van der Waals surface area contributed by atoms with Crippen LogP contribution in [-0.4, -0.2) is 23.3 Å². The molecule has 0 amide bonds. The van der Waals surface area contributed by atoms with Crippen molar-refractivity contribution in [2.45, 2.75) is 31.2 Å². The van der Waals surface area contributed by atoms with Gasteiger partial charge in [-0.15, -0.1) is 0 Å². The number of halogens is 5. The Kier molecular flexibility index (Phi) is 4.16. The van der Waals surface area contributed by atoms with Crippen LogP contribution in [0.2, 0.25) is 0 Å². The fourth-order valence-electron chi connectivity index (χ4n) is 0.398. The van der Waals surface area contributed by atoms with Gasteiger partial charge < -0.3 is 4.18 Å². The number of hydrogen-bond donors (Lipinski definition) is 0. The second kappa shape index (κ2) is 4.33. The van der Waals surface area contributed by atoms with Crippen molar-refractivity contribution >= 4 is 18.0 Å². The van der Waals surface area contributed by atoms with Gasteiger partial charge in [0.2, 0.25) is 0 Å². The average Bonchev–Trinajstić information content (AvgIpc) is 2.00. The summed E-state index contributed by atoms with van der Waals surface area (Å²) in [5.74, 6) is -6.05. The molecule has 0 aromatic carbocycles. The van der Waals surface area contributed by atoms with Gasteiger partial charge in [-0.2, -0.15) is 17.6 Å². The summed E-state index contributed by atoms with van der Waals surface area (Å²) in [7, 11) is 0. The van der Waals surface area contributed by atoms with Gasteiger partial charge in [-0.05, 0) is 6.92 Å². The molecule has 0 radical (unpaired) electrons. The smallest absolute Gasteiger partial charge is 0.385 e. The predicted octanol–water partition coefficient (Wildman–Crippen LogP) is 2.78. The van der Waals surface area contributed by atoms with Crippen molar-refractivity contribution in [3.63, 3.8) is 0 Å². The Morgan fingerprint density at radius 1 is 1.36 bits per heavy atom. The molecule has 0 saturated carbocycles. The van der Waals surface area contributed by atoms with Crippen LogP contribution in [0.4, 0.5) is 22.0 Å². The van der Waals surface area contributed by atoms with Gasteiger partial charge in [0.25, 0.3) is 0 Å². The SMILES string of the molecule is CC(=O)OSC(F)(F)C(F)(F)C(C)F. The minimum absolute atomic E-state index is 0.294. The van der Waals surface area contributed by atoms with E-state index >= 15 is 0 Å². The first-order valence-corrected chi connectivity index (χ1v) is 4.11. The second-order valence-electron chi connectivity index (χ2n) is 2.41. The Morgan fingerprint density at radius 3 is 2.07 bits per heavy atom. The lowest BCUT2D eigenvalue weighted by Gasteiger charge is -2.25. The average molecular weight is 238 g/mol. The summed E-state index contributed by atoms with van der Waals surface area (Å²) >= 11 is -1.05. The maximum Gasteiger partial charge on any atom is 0.393 e. The first kappa shape index (κ1) is 13.5. The Bertz CT molecular complexity index is 218. The van der Waals surface area contributed by atoms with Gasteiger partial charge in [0.05, 0.1) is 0 Å². The first-order chi connectivity index (χ1) is 6.11. The molecule has 0 N–H and O–H groups in total. The molecule has 0 aromatic heterocycles. The van der Waals surface area contributed by atoms with E-state index in [4.69, 9.17) is 0 Å². The molecule has 0 bridgehead atoms. The van der Waals surface area contributed by atoms with Gasteiger partial charge >= 0.3 is 17.1 Å². The zero-order valence-corrected chi connectivity index (χ0v) is 8.01. The van der Waals surface area contributed by atoms with E-state index in [9.17, 15) is 26.7 Å². The van der Waals surface area contributed by atoms with Crippen LogP contribution < -0.4 is 0 Å². The van der Waals surface area contributed by atoms with Crippen LogP contribution in [0.1, 0.15) is 13.8 Å². The zero-order valence-electron chi connectivity index (χ0n) is 7.19. The van der Waals surface area contributed by atoms with E-state index in [1.165, 1.54) is 0 Å². The van der Waals surface area contributed by atoms with Crippen LogP contribution >= 0.6 is 12.0 Å². The lowest BCUT2D eigenvalue weighted by Crippen LogP contribution is -2.44. The molecular formula is C6H7F5O2S. The third kappa shape index (κ3) is 3.00. The van der Waals surface area contributed by atoms with Crippen LogP contribution in [0.15, 0.2) is 0 Å². The molecule has 0 spiro atoms. The Morgan fingerprint density at radius 2 is 1.79 bits per heavy atom. The molecule has 0 heterocycles. The van der Waals surface area contributed by atoms with Gasteiger partial charge in [-0.3, -0.25) is 4.79 Å². The molecule has 0 aliphatic carbocycles. The third-order valence-electron chi connectivity index (χ3n) is 1.15. The van der Waals surface area contributed by atoms with E-state index in [2.05, 4.69) is 4.18 Å². The minimum Gasteiger partial charge on any atom is -0.385 e. The molecule has 0 aromatic rings. The maximum atomic E-state index is 12.5. The molecule has 84 valence electrons. The molecule has 0 aliphatic rings. The van der Waals surface area contributed by atoms with Crippen molar-refractivity contribution in [3.05, 3.63) is 0 Å². The van der Waals surface area contributed by atoms with Gasteiger partial charge in [-0.1, -0.05) is 0 Å². The fourth-order valence-corrected chi connectivity index (χ4v) is 0.894. The van der Waals surface area contributed by atoms with Crippen LogP contribution in [-0.2, 0) is 8.98 Å². The second-order valence-corrected chi connectivity index (χ2v) is 3.26. The highest BCUT2D eigenvalue weighted by Crippen LogP contribution is 2.46. The van der Waals surface area contributed by atoms with E-state index in [1.807, 2.05) is 0 Å². The molecular weight excluding hydrogens is 231 g/mol. The molecule has 0 aliphatic heterocycles. The fraction of sp³-hybridized carbons (Fsp3) is 0.833. The lowest BCUT2D eigenvalue weighted by atomic mass is 10.2. The Labute approximate surface area is 81.0 Å². The van der Waals surface area contributed by atoms with E-state index in [0.717, 1.165) is 6.92 Å². The molecule has 1 atom stereocenters. The monoisotopic (exact) mass is 238 g/mol. The van der Waals surface area contributed by atoms with Crippen LogP contribution in [0.5, 0.6) is 0 Å². The summed E-state index contributed by atoms with van der Waals surface area (Å²) < 4.78 is 65.6. The van der Waals surface area contributed by atoms with Crippen molar-refractivity contribution in [2.75, 3.05) is 0 Å². The highest BCUT2D eigenvalue weighted by molar-refractivity contribution is 7.96. The first-order valence-electron chi connectivity index (χ1n) is 3.37. The third-order valence-corrected chi connectivity index (χ3v) is 1.95. The number of rotatable bonds is 4. The Hall–Kier alpha value is -0.530. The topological polar surface area (TPSA) is 26.3 Å². The Balaban J connectivity index is 4.51. The number of alkyl halides is 5. The van der Waals surface area contributed by atoms with E-state index in [-0.39, 0.29) is 0 Å². The van der Waals surface area contributed by atoms with E-state index in [1.54, 1.807) is 0 Å². The van der Waals surface area contributed by atoms with Crippen LogP contribution in [0.25, 0.3) is 0 Å². The summed E-state index contributed by atoms with van der Waals surface area (Å²) in [4.78, 5) is 10.1. The van der Waals surface area contributed by atoms with Crippen LogP contribution in [0.3, 0.4) is 0 Å². The van der Waals surface area contributed by atoms with Crippen molar-refractivity contribution in [1.82, 2.24) is 0 Å². The molecule has 0 fully saturated rings. The zero-order chi connectivity index (χ0) is 11.6. The molecule has 14 heavy (non-hydrogen) atoms. The van der Waals surface area contributed by atoms with Crippen molar-refractivity contribution in [1.29, 1.82) is 0 Å². The summed E-state index contributed by atoms with van der Waals surface area (Å²) in [5, 5.41) is -4.78. The van der Waals surface area contributed by atoms with Gasteiger partial charge in [0.15, 0.2) is 6.17 Å². The normalized spacial score (nSPS) is 15.1. The lowest BCUT2D eigenvalue weighted by molar-refractivity contribution is -0.188. The summed E-state index contributed by atoms with van der Waals surface area (Å²) in [5.41, 5.74) is 0. The minimum atomic E-state index is -4.88. The summed E-state index contributed by atoms with van der Waals surface area (Å²) in [6.45, 7) is 1.06. The highest BCUT2D eigenvalue weighted by atomic mass is 32.2. The highest BCUT2D eigenvalue weighted by Gasteiger charge is 2.62. The van der Waals surface area contributed by atoms with Crippen molar-refractivity contribution in [2.24, 2.45) is 0 Å².